The van der Waals surface area contributed by atoms with Gasteiger partial charge in [-0.05, 0) is 25.5 Å². The van der Waals surface area contributed by atoms with E-state index in [4.69, 9.17) is 9.47 Å². The third kappa shape index (κ3) is 4.17. The first-order chi connectivity index (χ1) is 13.2. The van der Waals surface area contributed by atoms with Crippen LogP contribution >= 0.6 is 11.3 Å². The summed E-state index contributed by atoms with van der Waals surface area (Å²) in [6.07, 6.45) is 2.85. The molecule has 1 aromatic carbocycles. The van der Waals surface area contributed by atoms with Crippen molar-refractivity contribution in [1.29, 1.82) is 0 Å². The van der Waals surface area contributed by atoms with E-state index >= 15 is 0 Å². The molecular formula is C19H24N4O3S. The number of nitrogens with one attached hydrogen (secondary N) is 1. The quantitative estimate of drug-likeness (QED) is 0.868. The van der Waals surface area contributed by atoms with Crippen LogP contribution in [0.3, 0.4) is 0 Å². The van der Waals surface area contributed by atoms with Crippen molar-refractivity contribution in [3.05, 3.63) is 29.8 Å². The van der Waals surface area contributed by atoms with Crippen LogP contribution in [-0.2, 0) is 4.79 Å². The Balaban J connectivity index is 1.36. The zero-order valence-electron chi connectivity index (χ0n) is 15.4. The van der Waals surface area contributed by atoms with Gasteiger partial charge in [0.2, 0.25) is 5.91 Å². The van der Waals surface area contributed by atoms with Crippen molar-refractivity contribution in [1.82, 2.24) is 9.88 Å². The van der Waals surface area contributed by atoms with Gasteiger partial charge in [-0.3, -0.25) is 9.69 Å². The van der Waals surface area contributed by atoms with Crippen LogP contribution in [0.1, 0.15) is 13.3 Å². The molecule has 2 aromatic rings. The normalized spacial score (nSPS) is 18.6. The molecule has 1 N–H and O–H groups in total. The number of hydrogen-bond donors (Lipinski definition) is 1. The van der Waals surface area contributed by atoms with Gasteiger partial charge in [0.25, 0.3) is 0 Å². The molecule has 1 fully saturated rings. The van der Waals surface area contributed by atoms with Gasteiger partial charge in [-0.15, -0.1) is 11.3 Å². The average molecular weight is 388 g/mol. The summed E-state index contributed by atoms with van der Waals surface area (Å²) in [6, 6.07) is 5.32. The Morgan fingerprint density at radius 1 is 1.19 bits per heavy atom. The molecule has 0 aliphatic carbocycles. The van der Waals surface area contributed by atoms with E-state index in [1.165, 1.54) is 0 Å². The average Bonchev–Trinajstić information content (AvgIpc) is 3.12. The first kappa shape index (κ1) is 18.1. The van der Waals surface area contributed by atoms with E-state index < -0.39 is 0 Å². The summed E-state index contributed by atoms with van der Waals surface area (Å²) < 4.78 is 11.1. The van der Waals surface area contributed by atoms with Crippen LogP contribution in [0.25, 0.3) is 0 Å². The number of aromatic nitrogens is 1. The van der Waals surface area contributed by atoms with Crippen molar-refractivity contribution in [3.63, 3.8) is 0 Å². The molecule has 4 rings (SSSR count). The minimum Gasteiger partial charge on any atom is -0.486 e. The first-order valence-electron chi connectivity index (χ1n) is 9.30. The number of rotatable bonds is 4. The summed E-state index contributed by atoms with van der Waals surface area (Å²) in [5, 5.41) is 6.07. The predicted octanol–water partition coefficient (Wildman–Crippen LogP) is 2.45. The maximum absolute atomic E-state index is 12.8. The van der Waals surface area contributed by atoms with E-state index in [-0.39, 0.29) is 11.9 Å². The molecule has 144 valence electrons. The number of amides is 1. The van der Waals surface area contributed by atoms with Crippen molar-refractivity contribution in [2.24, 2.45) is 0 Å². The predicted molar refractivity (Wildman–Crippen MR) is 106 cm³/mol. The van der Waals surface area contributed by atoms with Crippen LogP contribution in [-0.4, -0.2) is 61.2 Å². The second-order valence-electron chi connectivity index (χ2n) is 6.71. The summed E-state index contributed by atoms with van der Waals surface area (Å²) in [4.78, 5) is 21.7. The van der Waals surface area contributed by atoms with Crippen molar-refractivity contribution in [2.45, 2.75) is 19.4 Å². The van der Waals surface area contributed by atoms with Crippen LogP contribution in [0.15, 0.2) is 29.8 Å². The number of benzene rings is 1. The second-order valence-corrected chi connectivity index (χ2v) is 7.59. The van der Waals surface area contributed by atoms with Gasteiger partial charge >= 0.3 is 0 Å². The highest BCUT2D eigenvalue weighted by Crippen LogP contribution is 2.32. The summed E-state index contributed by atoms with van der Waals surface area (Å²) in [5.74, 6) is 1.40. The Kier molecular flexibility index (Phi) is 5.45. The number of nitrogens with zero attached hydrogens (tertiary/aromatic N) is 3. The standard InChI is InChI=1S/C19H24N4O3S/c1-14(22-6-2-7-23(9-8-22)19-20-5-12-27-19)18(24)21-15-3-4-16-17(13-15)26-11-10-25-16/h3-5,12-14H,2,6-11H2,1H3,(H,21,24). The van der Waals surface area contributed by atoms with Gasteiger partial charge in [0.1, 0.15) is 13.2 Å². The summed E-state index contributed by atoms with van der Waals surface area (Å²) >= 11 is 1.66. The van der Waals surface area contributed by atoms with Crippen LogP contribution in [0.2, 0.25) is 0 Å². The Morgan fingerprint density at radius 2 is 2.04 bits per heavy atom. The third-order valence-corrected chi connectivity index (χ3v) is 5.79. The third-order valence-electron chi connectivity index (χ3n) is 4.96. The number of fused-ring (bicyclic) bond motifs is 1. The van der Waals surface area contributed by atoms with E-state index in [1.807, 2.05) is 36.7 Å². The number of anilines is 2. The maximum Gasteiger partial charge on any atom is 0.241 e. The molecule has 7 nitrogen and oxygen atoms in total. The highest BCUT2D eigenvalue weighted by Gasteiger charge is 2.25. The number of carbonyl (C=O) groups excluding carboxylic acids is 1. The highest BCUT2D eigenvalue weighted by atomic mass is 32.1. The van der Waals surface area contributed by atoms with E-state index in [0.717, 1.165) is 49.2 Å². The molecule has 0 saturated carbocycles. The first-order valence-corrected chi connectivity index (χ1v) is 10.2. The van der Waals surface area contributed by atoms with E-state index in [9.17, 15) is 4.79 Å². The largest absolute Gasteiger partial charge is 0.486 e. The van der Waals surface area contributed by atoms with Gasteiger partial charge in [0, 0.05) is 49.5 Å². The Hall–Kier alpha value is -2.32. The monoisotopic (exact) mass is 388 g/mol. The molecule has 2 aliphatic heterocycles. The van der Waals surface area contributed by atoms with Crippen LogP contribution in [0.4, 0.5) is 10.8 Å². The van der Waals surface area contributed by atoms with Crippen LogP contribution in [0, 0.1) is 0 Å². The highest BCUT2D eigenvalue weighted by molar-refractivity contribution is 7.13. The summed E-state index contributed by atoms with van der Waals surface area (Å²) in [6.45, 7) is 6.65. The number of ether oxygens (including phenoxy) is 2. The molecule has 1 saturated heterocycles. The van der Waals surface area contributed by atoms with Crippen molar-refractivity contribution < 1.29 is 14.3 Å². The molecule has 8 heteroatoms. The van der Waals surface area contributed by atoms with E-state index in [2.05, 4.69) is 20.1 Å². The molecule has 1 unspecified atom stereocenters. The molecule has 27 heavy (non-hydrogen) atoms. The molecular weight excluding hydrogens is 364 g/mol. The number of thiazole rings is 1. The maximum atomic E-state index is 12.8. The Morgan fingerprint density at radius 3 is 2.85 bits per heavy atom. The Labute approximate surface area is 162 Å². The Bertz CT molecular complexity index is 783. The topological polar surface area (TPSA) is 66.9 Å². The lowest BCUT2D eigenvalue weighted by molar-refractivity contribution is -0.120. The molecule has 0 radical (unpaired) electrons. The molecule has 3 heterocycles. The fraction of sp³-hybridized carbons (Fsp3) is 0.474. The van der Waals surface area contributed by atoms with Crippen molar-refractivity contribution in [3.8, 4) is 11.5 Å². The molecule has 1 aromatic heterocycles. The number of hydrogen-bond acceptors (Lipinski definition) is 7. The fourth-order valence-corrected chi connectivity index (χ4v) is 4.12. The van der Waals surface area contributed by atoms with Gasteiger partial charge in [-0.2, -0.15) is 0 Å². The molecule has 1 amide bonds. The zero-order valence-corrected chi connectivity index (χ0v) is 16.2. The fourth-order valence-electron chi connectivity index (χ4n) is 3.42. The van der Waals surface area contributed by atoms with Gasteiger partial charge in [0.15, 0.2) is 16.6 Å². The summed E-state index contributed by atoms with van der Waals surface area (Å²) in [7, 11) is 0. The van der Waals surface area contributed by atoms with Crippen LogP contribution < -0.4 is 19.7 Å². The van der Waals surface area contributed by atoms with Gasteiger partial charge < -0.3 is 19.7 Å². The SMILES string of the molecule is CC(C(=O)Nc1ccc2c(c1)OCCO2)N1CCCN(c2nccs2)CC1. The smallest absolute Gasteiger partial charge is 0.241 e. The lowest BCUT2D eigenvalue weighted by Gasteiger charge is -2.27. The van der Waals surface area contributed by atoms with Gasteiger partial charge in [-0.25, -0.2) is 4.98 Å². The molecule has 0 bridgehead atoms. The molecule has 1 atom stereocenters. The summed E-state index contributed by atoms with van der Waals surface area (Å²) in [5.41, 5.74) is 0.732. The van der Waals surface area contributed by atoms with Gasteiger partial charge in [-0.1, -0.05) is 0 Å². The minimum atomic E-state index is -0.200. The van der Waals surface area contributed by atoms with Crippen LogP contribution in [0.5, 0.6) is 11.5 Å². The van der Waals surface area contributed by atoms with E-state index in [0.29, 0.717) is 19.0 Å². The zero-order chi connectivity index (χ0) is 18.6. The van der Waals surface area contributed by atoms with Crippen molar-refractivity contribution >= 4 is 28.1 Å². The second kappa shape index (κ2) is 8.14. The minimum absolute atomic E-state index is 0.00521. The lowest BCUT2D eigenvalue weighted by Crippen LogP contribution is -2.44. The number of carbonyl (C=O) groups is 1. The molecule has 0 spiro atoms. The van der Waals surface area contributed by atoms with Crippen molar-refractivity contribution in [2.75, 3.05) is 49.6 Å². The molecule has 2 aliphatic rings. The lowest BCUT2D eigenvalue weighted by atomic mass is 10.2. The van der Waals surface area contributed by atoms with E-state index in [1.54, 1.807) is 11.3 Å². The van der Waals surface area contributed by atoms with Gasteiger partial charge in [0.05, 0.1) is 6.04 Å².